The van der Waals surface area contributed by atoms with Crippen molar-refractivity contribution < 1.29 is 5.11 Å². The maximum Gasteiger partial charge on any atom is 0.0965 e. The number of nitrogens with zero attached hydrogens (tertiary/aromatic N) is 3. The number of rotatable bonds is 5. The van der Waals surface area contributed by atoms with Gasteiger partial charge in [0.15, 0.2) is 0 Å². The Balaban J connectivity index is 2.56. The van der Waals surface area contributed by atoms with E-state index in [0.29, 0.717) is 12.6 Å². The van der Waals surface area contributed by atoms with Crippen molar-refractivity contribution in [2.75, 3.05) is 0 Å². The minimum absolute atomic E-state index is 0.0368. The molecule has 0 aliphatic carbocycles. The molecule has 0 aromatic carbocycles. The van der Waals surface area contributed by atoms with Crippen molar-refractivity contribution in [3.63, 3.8) is 0 Å². The lowest BCUT2D eigenvalue weighted by Gasteiger charge is -2.13. The maximum absolute atomic E-state index is 9.40. The number of aromatic nitrogens is 3. The zero-order valence-corrected chi connectivity index (χ0v) is 9.81. The van der Waals surface area contributed by atoms with Crippen molar-refractivity contribution >= 4 is 0 Å². The van der Waals surface area contributed by atoms with E-state index in [-0.39, 0.29) is 6.04 Å². The average Bonchev–Trinajstić information content (AvgIpc) is 2.61. The van der Waals surface area contributed by atoms with Gasteiger partial charge in [-0.3, -0.25) is 0 Å². The Hall–Kier alpha value is -0.940. The molecule has 1 rings (SSSR count). The smallest absolute Gasteiger partial charge is 0.0965 e. The molecule has 2 atom stereocenters. The van der Waals surface area contributed by atoms with Crippen molar-refractivity contribution in [2.45, 2.75) is 52.4 Å². The second kappa shape index (κ2) is 5.23. The van der Waals surface area contributed by atoms with E-state index in [0.717, 1.165) is 5.69 Å². The van der Waals surface area contributed by atoms with Gasteiger partial charge in [0.2, 0.25) is 0 Å². The summed E-state index contributed by atoms with van der Waals surface area (Å²) in [6.07, 6.45) is 1.45. The van der Waals surface area contributed by atoms with Crippen LogP contribution in [0.1, 0.15) is 39.4 Å². The Morgan fingerprint density at radius 3 is 2.60 bits per heavy atom. The van der Waals surface area contributed by atoms with Gasteiger partial charge in [-0.15, -0.1) is 5.10 Å². The van der Waals surface area contributed by atoms with Gasteiger partial charge < -0.3 is 10.4 Å². The fourth-order valence-electron chi connectivity index (χ4n) is 1.12. The SMILES string of the molecule is CC(C)NCc1cn(C(C)C(C)O)nn1. The molecule has 1 aromatic rings. The van der Waals surface area contributed by atoms with Gasteiger partial charge in [0.25, 0.3) is 0 Å². The van der Waals surface area contributed by atoms with E-state index >= 15 is 0 Å². The van der Waals surface area contributed by atoms with Gasteiger partial charge in [0.05, 0.1) is 24.0 Å². The van der Waals surface area contributed by atoms with Crippen molar-refractivity contribution in [3.8, 4) is 0 Å². The second-order valence-electron chi connectivity index (χ2n) is 4.21. The lowest BCUT2D eigenvalue weighted by molar-refractivity contribution is 0.131. The van der Waals surface area contributed by atoms with Gasteiger partial charge >= 0.3 is 0 Å². The second-order valence-corrected chi connectivity index (χ2v) is 4.21. The zero-order valence-electron chi connectivity index (χ0n) is 9.81. The standard InChI is InChI=1S/C10H20N4O/c1-7(2)11-5-10-6-14(13-12-10)8(3)9(4)15/h6-9,11,15H,5H2,1-4H3. The quantitative estimate of drug-likeness (QED) is 0.755. The predicted octanol–water partition coefficient (Wildman–Crippen LogP) is 0.718. The van der Waals surface area contributed by atoms with Crippen LogP contribution in [0.2, 0.25) is 0 Å². The Kier molecular flexibility index (Phi) is 4.23. The monoisotopic (exact) mass is 212 g/mol. The molecule has 0 aliphatic heterocycles. The topological polar surface area (TPSA) is 63.0 Å². The van der Waals surface area contributed by atoms with Gasteiger partial charge in [-0.25, -0.2) is 4.68 Å². The fourth-order valence-corrected chi connectivity index (χ4v) is 1.12. The molecule has 2 N–H and O–H groups in total. The molecule has 15 heavy (non-hydrogen) atoms. The van der Waals surface area contributed by atoms with Crippen molar-refractivity contribution in [1.29, 1.82) is 0 Å². The van der Waals surface area contributed by atoms with Gasteiger partial charge in [0, 0.05) is 12.6 Å². The molecule has 0 saturated heterocycles. The molecule has 0 radical (unpaired) electrons. The molecule has 5 heteroatoms. The molecule has 0 fully saturated rings. The molecule has 1 aromatic heterocycles. The van der Waals surface area contributed by atoms with Gasteiger partial charge in [-0.2, -0.15) is 0 Å². The van der Waals surface area contributed by atoms with Crippen LogP contribution in [-0.4, -0.2) is 32.2 Å². The lowest BCUT2D eigenvalue weighted by atomic mass is 10.2. The number of hydrogen-bond donors (Lipinski definition) is 2. The minimum atomic E-state index is -0.419. The Labute approximate surface area is 90.5 Å². The fraction of sp³-hybridized carbons (Fsp3) is 0.800. The van der Waals surface area contributed by atoms with Crippen LogP contribution < -0.4 is 5.32 Å². The number of aliphatic hydroxyl groups is 1. The van der Waals surface area contributed by atoms with E-state index in [1.807, 2.05) is 13.1 Å². The summed E-state index contributed by atoms with van der Waals surface area (Å²) in [5.74, 6) is 0. The Morgan fingerprint density at radius 1 is 1.40 bits per heavy atom. The maximum atomic E-state index is 9.40. The van der Waals surface area contributed by atoms with Crippen LogP contribution in [0, 0.1) is 0 Å². The molecule has 0 bridgehead atoms. The molecule has 1 heterocycles. The van der Waals surface area contributed by atoms with Crippen molar-refractivity contribution in [1.82, 2.24) is 20.3 Å². The summed E-state index contributed by atoms with van der Waals surface area (Å²) in [5.41, 5.74) is 0.899. The number of hydrogen-bond acceptors (Lipinski definition) is 4. The first kappa shape index (κ1) is 12.1. The predicted molar refractivity (Wildman–Crippen MR) is 58.4 cm³/mol. The molecule has 0 spiro atoms. The number of aliphatic hydroxyl groups excluding tert-OH is 1. The summed E-state index contributed by atoms with van der Waals surface area (Å²) in [6.45, 7) is 8.55. The highest BCUT2D eigenvalue weighted by atomic mass is 16.3. The van der Waals surface area contributed by atoms with Crippen LogP contribution in [0.15, 0.2) is 6.20 Å². The summed E-state index contributed by atoms with van der Waals surface area (Å²) in [5, 5.41) is 20.7. The summed E-state index contributed by atoms with van der Waals surface area (Å²) >= 11 is 0. The van der Waals surface area contributed by atoms with Crippen LogP contribution in [0.3, 0.4) is 0 Å². The first-order valence-electron chi connectivity index (χ1n) is 5.33. The minimum Gasteiger partial charge on any atom is -0.391 e. The van der Waals surface area contributed by atoms with Gasteiger partial charge in [-0.05, 0) is 13.8 Å². The normalized spacial score (nSPS) is 15.6. The molecule has 86 valence electrons. The number of nitrogens with one attached hydrogen (secondary N) is 1. The zero-order chi connectivity index (χ0) is 11.4. The van der Waals surface area contributed by atoms with E-state index in [2.05, 4.69) is 29.5 Å². The van der Waals surface area contributed by atoms with E-state index < -0.39 is 6.10 Å². The molecule has 5 nitrogen and oxygen atoms in total. The third-order valence-electron chi connectivity index (χ3n) is 2.36. The Bertz CT molecular complexity index is 295. The lowest BCUT2D eigenvalue weighted by Crippen LogP contribution is -2.22. The van der Waals surface area contributed by atoms with Gasteiger partial charge in [0.1, 0.15) is 0 Å². The first-order valence-corrected chi connectivity index (χ1v) is 5.33. The van der Waals surface area contributed by atoms with E-state index in [4.69, 9.17) is 0 Å². The largest absolute Gasteiger partial charge is 0.391 e. The van der Waals surface area contributed by atoms with Gasteiger partial charge in [-0.1, -0.05) is 19.1 Å². The van der Waals surface area contributed by atoms with Crippen LogP contribution in [0.25, 0.3) is 0 Å². The van der Waals surface area contributed by atoms with Crippen molar-refractivity contribution in [3.05, 3.63) is 11.9 Å². The van der Waals surface area contributed by atoms with Crippen LogP contribution in [0.4, 0.5) is 0 Å². The third kappa shape index (κ3) is 3.60. The highest BCUT2D eigenvalue weighted by molar-refractivity contribution is 4.93. The molecular formula is C10H20N4O. The van der Waals surface area contributed by atoms with E-state index in [1.54, 1.807) is 11.6 Å². The van der Waals surface area contributed by atoms with Crippen LogP contribution >= 0.6 is 0 Å². The molecule has 0 aliphatic rings. The summed E-state index contributed by atoms with van der Waals surface area (Å²) < 4.78 is 1.70. The van der Waals surface area contributed by atoms with Crippen LogP contribution in [-0.2, 0) is 6.54 Å². The highest BCUT2D eigenvalue weighted by Crippen LogP contribution is 2.09. The molecule has 0 amide bonds. The summed E-state index contributed by atoms with van der Waals surface area (Å²) in [7, 11) is 0. The van der Waals surface area contributed by atoms with Crippen molar-refractivity contribution in [2.24, 2.45) is 0 Å². The summed E-state index contributed by atoms with van der Waals surface area (Å²) in [4.78, 5) is 0. The summed E-state index contributed by atoms with van der Waals surface area (Å²) in [6, 6.07) is 0.398. The Morgan fingerprint density at radius 2 is 2.07 bits per heavy atom. The molecular weight excluding hydrogens is 192 g/mol. The average molecular weight is 212 g/mol. The molecule has 0 saturated carbocycles. The third-order valence-corrected chi connectivity index (χ3v) is 2.36. The van der Waals surface area contributed by atoms with Crippen LogP contribution in [0.5, 0.6) is 0 Å². The first-order chi connectivity index (χ1) is 7.00. The van der Waals surface area contributed by atoms with E-state index in [1.165, 1.54) is 0 Å². The molecule has 2 unspecified atom stereocenters. The highest BCUT2D eigenvalue weighted by Gasteiger charge is 2.12. The van der Waals surface area contributed by atoms with E-state index in [9.17, 15) is 5.11 Å².